The molecular weight excluding hydrogens is 352 g/mol. The summed E-state index contributed by atoms with van der Waals surface area (Å²) in [6, 6.07) is 14.4. The fourth-order valence-corrected chi connectivity index (χ4v) is 3.90. The molecule has 0 aliphatic carbocycles. The second-order valence-corrected chi connectivity index (χ2v) is 7.92. The molecule has 2 atom stereocenters. The van der Waals surface area contributed by atoms with Gasteiger partial charge >= 0.3 is 0 Å². The summed E-state index contributed by atoms with van der Waals surface area (Å²) >= 11 is 0. The number of benzene rings is 2. The minimum Gasteiger partial charge on any atom is -0.493 e. The first-order chi connectivity index (χ1) is 13.5. The van der Waals surface area contributed by atoms with Crippen LogP contribution in [0, 0.1) is 5.92 Å². The van der Waals surface area contributed by atoms with E-state index in [1.807, 2.05) is 32.0 Å². The molecule has 3 rings (SSSR count). The van der Waals surface area contributed by atoms with Crippen LogP contribution in [-0.4, -0.2) is 42.4 Å². The zero-order valence-corrected chi connectivity index (χ0v) is 17.1. The van der Waals surface area contributed by atoms with Crippen molar-refractivity contribution in [1.29, 1.82) is 0 Å². The van der Waals surface area contributed by atoms with Gasteiger partial charge in [0.1, 0.15) is 0 Å². The van der Waals surface area contributed by atoms with Gasteiger partial charge in [0, 0.05) is 25.6 Å². The number of methoxy groups -OCH3 is 1. The molecule has 0 radical (unpaired) electrons. The number of nitrogens with zero attached hydrogens (tertiary/aromatic N) is 1. The van der Waals surface area contributed by atoms with Gasteiger partial charge in [-0.05, 0) is 49.9 Å². The molecule has 1 saturated heterocycles. The highest BCUT2D eigenvalue weighted by atomic mass is 16.5. The van der Waals surface area contributed by atoms with Crippen LogP contribution in [-0.2, 0) is 13.0 Å². The fourth-order valence-electron chi connectivity index (χ4n) is 3.90. The lowest BCUT2D eigenvalue weighted by Gasteiger charge is -2.36. The van der Waals surface area contributed by atoms with E-state index in [2.05, 4.69) is 29.2 Å². The Kier molecular flexibility index (Phi) is 6.81. The number of anilines is 1. The zero-order chi connectivity index (χ0) is 20.1. The van der Waals surface area contributed by atoms with E-state index in [1.165, 1.54) is 5.56 Å². The van der Waals surface area contributed by atoms with Crippen molar-refractivity contribution < 1.29 is 14.6 Å². The summed E-state index contributed by atoms with van der Waals surface area (Å²) in [6.07, 6.45) is 1.27. The molecule has 1 heterocycles. The molecule has 1 fully saturated rings. The van der Waals surface area contributed by atoms with Crippen molar-refractivity contribution >= 4 is 5.69 Å². The van der Waals surface area contributed by atoms with Crippen LogP contribution in [0.15, 0.2) is 42.5 Å². The summed E-state index contributed by atoms with van der Waals surface area (Å²) in [4.78, 5) is 2.42. The van der Waals surface area contributed by atoms with Crippen LogP contribution in [0.4, 0.5) is 5.69 Å². The van der Waals surface area contributed by atoms with Crippen molar-refractivity contribution in [3.8, 4) is 11.5 Å². The van der Waals surface area contributed by atoms with E-state index in [-0.39, 0.29) is 18.1 Å². The van der Waals surface area contributed by atoms with E-state index in [9.17, 15) is 5.11 Å². The molecule has 2 unspecified atom stereocenters. The normalized spacial score (nSPS) is 20.3. The summed E-state index contributed by atoms with van der Waals surface area (Å²) in [5.74, 6) is 1.41. The fraction of sp³-hybridized carbons (Fsp3) is 0.478. The van der Waals surface area contributed by atoms with Gasteiger partial charge in [-0.25, -0.2) is 0 Å². The van der Waals surface area contributed by atoms with Gasteiger partial charge in [-0.15, -0.1) is 0 Å². The van der Waals surface area contributed by atoms with Gasteiger partial charge in [0.2, 0.25) is 0 Å². The Bertz CT molecular complexity index is 764. The third-order valence-corrected chi connectivity index (χ3v) is 5.24. The highest BCUT2D eigenvalue weighted by Crippen LogP contribution is 2.37. The molecule has 152 valence electrons. The molecule has 0 saturated carbocycles. The number of nitrogens with two attached hydrogens (primary N) is 1. The molecule has 0 spiro atoms. The van der Waals surface area contributed by atoms with Gasteiger partial charge in [-0.1, -0.05) is 30.3 Å². The van der Waals surface area contributed by atoms with Gasteiger partial charge in [0.15, 0.2) is 11.5 Å². The summed E-state index contributed by atoms with van der Waals surface area (Å²) in [6.45, 7) is 6.62. The predicted molar refractivity (Wildman–Crippen MR) is 113 cm³/mol. The number of aliphatic hydroxyl groups is 1. The molecule has 1 aliphatic rings. The van der Waals surface area contributed by atoms with Crippen LogP contribution >= 0.6 is 0 Å². The molecule has 3 N–H and O–H groups in total. The van der Waals surface area contributed by atoms with Crippen LogP contribution in [0.3, 0.4) is 0 Å². The minimum absolute atomic E-state index is 0.0220. The van der Waals surface area contributed by atoms with Crippen molar-refractivity contribution in [3.05, 3.63) is 53.6 Å². The lowest BCUT2D eigenvalue weighted by atomic mass is 9.88. The molecule has 0 amide bonds. The largest absolute Gasteiger partial charge is 0.493 e. The highest BCUT2D eigenvalue weighted by Gasteiger charge is 2.28. The third-order valence-electron chi connectivity index (χ3n) is 5.24. The maximum Gasteiger partial charge on any atom is 0.184 e. The lowest BCUT2D eigenvalue weighted by molar-refractivity contribution is 0.0239. The molecule has 0 bridgehead atoms. The average molecular weight is 385 g/mol. The van der Waals surface area contributed by atoms with Gasteiger partial charge in [0.05, 0.1) is 25.0 Å². The van der Waals surface area contributed by atoms with E-state index < -0.39 is 0 Å². The Morgan fingerprint density at radius 1 is 1.18 bits per heavy atom. The van der Waals surface area contributed by atoms with Gasteiger partial charge in [-0.2, -0.15) is 0 Å². The number of piperidine rings is 1. The second-order valence-electron chi connectivity index (χ2n) is 7.92. The molecule has 2 aromatic rings. The average Bonchev–Trinajstić information content (AvgIpc) is 2.67. The Balaban J connectivity index is 1.71. The summed E-state index contributed by atoms with van der Waals surface area (Å²) in [5, 5.41) is 10.6. The first-order valence-electron chi connectivity index (χ1n) is 10.0. The van der Waals surface area contributed by atoms with Crippen LogP contribution < -0.4 is 15.2 Å². The summed E-state index contributed by atoms with van der Waals surface area (Å²) in [7, 11) is 1.63. The Labute approximate surface area is 168 Å². The van der Waals surface area contributed by atoms with E-state index in [0.29, 0.717) is 17.2 Å². The maximum absolute atomic E-state index is 10.6. The SMILES string of the molecule is COc1cc(CC2CN(Cc3ccccc3)CCC2O)cc(N)c1OC(C)C. The molecule has 28 heavy (non-hydrogen) atoms. The molecule has 5 nitrogen and oxygen atoms in total. The summed E-state index contributed by atoms with van der Waals surface area (Å²) in [5.41, 5.74) is 9.19. The first kappa shape index (κ1) is 20.5. The highest BCUT2D eigenvalue weighted by molar-refractivity contribution is 5.62. The lowest BCUT2D eigenvalue weighted by Crippen LogP contribution is -2.43. The van der Waals surface area contributed by atoms with Crippen molar-refractivity contribution in [3.63, 3.8) is 0 Å². The van der Waals surface area contributed by atoms with Crippen LogP contribution in [0.5, 0.6) is 11.5 Å². The van der Waals surface area contributed by atoms with Gasteiger partial charge in [0.25, 0.3) is 0 Å². The van der Waals surface area contributed by atoms with Crippen LogP contribution in [0.2, 0.25) is 0 Å². The smallest absolute Gasteiger partial charge is 0.184 e. The molecular formula is C23H32N2O3. The summed E-state index contributed by atoms with van der Waals surface area (Å²) < 4.78 is 11.3. The molecule has 0 aromatic heterocycles. The monoisotopic (exact) mass is 384 g/mol. The van der Waals surface area contributed by atoms with Crippen LogP contribution in [0.25, 0.3) is 0 Å². The van der Waals surface area contributed by atoms with E-state index in [4.69, 9.17) is 15.2 Å². The van der Waals surface area contributed by atoms with Crippen molar-refractivity contribution in [2.45, 2.75) is 45.4 Å². The maximum atomic E-state index is 10.6. The third kappa shape index (κ3) is 5.18. The topological polar surface area (TPSA) is 68.0 Å². The van der Waals surface area contributed by atoms with E-state index >= 15 is 0 Å². The second kappa shape index (κ2) is 9.30. The quantitative estimate of drug-likeness (QED) is 0.715. The zero-order valence-electron chi connectivity index (χ0n) is 17.1. The number of aliphatic hydroxyl groups excluding tert-OH is 1. The Morgan fingerprint density at radius 3 is 2.61 bits per heavy atom. The Morgan fingerprint density at radius 2 is 1.93 bits per heavy atom. The standard InChI is InChI=1S/C23H32N2O3/c1-16(2)28-23-20(24)12-18(13-22(23)27-3)11-19-15-25(10-9-21(19)26)14-17-7-5-4-6-8-17/h4-8,12-13,16,19,21,26H,9-11,14-15,24H2,1-3H3. The van der Waals surface area contributed by atoms with Crippen molar-refractivity contribution in [1.82, 2.24) is 4.90 Å². The predicted octanol–water partition coefficient (Wildman–Crippen LogP) is 3.49. The number of rotatable bonds is 7. The van der Waals surface area contributed by atoms with E-state index in [1.54, 1.807) is 7.11 Å². The van der Waals surface area contributed by atoms with Crippen molar-refractivity contribution in [2.24, 2.45) is 5.92 Å². The van der Waals surface area contributed by atoms with E-state index in [0.717, 1.165) is 38.0 Å². The first-order valence-corrected chi connectivity index (χ1v) is 10.0. The molecule has 1 aliphatic heterocycles. The number of hydrogen-bond acceptors (Lipinski definition) is 5. The Hall–Kier alpha value is -2.24. The van der Waals surface area contributed by atoms with Gasteiger partial charge in [-0.3, -0.25) is 4.90 Å². The number of ether oxygens (including phenoxy) is 2. The number of likely N-dealkylation sites (tertiary alicyclic amines) is 1. The minimum atomic E-state index is -0.300. The van der Waals surface area contributed by atoms with Crippen molar-refractivity contribution in [2.75, 3.05) is 25.9 Å². The molecule has 2 aromatic carbocycles. The number of hydrogen-bond donors (Lipinski definition) is 2. The molecule has 5 heteroatoms. The van der Waals surface area contributed by atoms with Crippen LogP contribution in [0.1, 0.15) is 31.4 Å². The number of nitrogen functional groups attached to an aromatic ring is 1. The van der Waals surface area contributed by atoms with Gasteiger partial charge < -0.3 is 20.3 Å².